The van der Waals surface area contributed by atoms with Crippen molar-refractivity contribution in [1.82, 2.24) is 0 Å². The lowest BCUT2D eigenvalue weighted by molar-refractivity contribution is 0.00838. The Hall–Kier alpha value is -0.120. The second-order valence-corrected chi connectivity index (χ2v) is 3.38. The fraction of sp³-hybridized carbons (Fsp3) is 1.00. The number of hydrogen-bond acceptors (Lipinski definition) is 3. The lowest BCUT2D eigenvalue weighted by Gasteiger charge is -2.27. The smallest absolute Gasteiger partial charge is 0.0550 e. The molecule has 1 unspecified atom stereocenters. The van der Waals surface area contributed by atoms with E-state index in [9.17, 15) is 0 Å². The first-order valence-electron chi connectivity index (χ1n) is 3.82. The van der Waals surface area contributed by atoms with Crippen molar-refractivity contribution in [3.8, 4) is 0 Å². The highest BCUT2D eigenvalue weighted by Crippen LogP contribution is 2.22. The summed E-state index contributed by atoms with van der Waals surface area (Å²) in [7, 11) is 1.62. The molecule has 0 amide bonds. The quantitative estimate of drug-likeness (QED) is 0.615. The molecule has 11 heavy (non-hydrogen) atoms. The third kappa shape index (κ3) is 3.70. The van der Waals surface area contributed by atoms with Crippen LogP contribution in [0.5, 0.6) is 0 Å². The maximum absolute atomic E-state index is 8.91. The summed E-state index contributed by atoms with van der Waals surface area (Å²) in [4.78, 5) is 0. The second-order valence-electron chi connectivity index (χ2n) is 3.38. The van der Waals surface area contributed by atoms with E-state index in [1.807, 2.05) is 13.8 Å². The molecule has 0 radical (unpaired) electrons. The van der Waals surface area contributed by atoms with Crippen LogP contribution in [0, 0.1) is 5.41 Å². The van der Waals surface area contributed by atoms with Gasteiger partial charge in [-0.3, -0.25) is 0 Å². The van der Waals surface area contributed by atoms with Gasteiger partial charge in [0.2, 0.25) is 0 Å². The summed E-state index contributed by atoms with van der Waals surface area (Å²) in [6.45, 7) is 3.75. The van der Waals surface area contributed by atoms with Gasteiger partial charge in [0, 0.05) is 12.5 Å². The van der Waals surface area contributed by atoms with Gasteiger partial charge >= 0.3 is 0 Å². The zero-order valence-corrected chi connectivity index (χ0v) is 7.50. The summed E-state index contributed by atoms with van der Waals surface area (Å²) in [5.74, 6) is 0. The lowest BCUT2D eigenvalue weighted by Crippen LogP contribution is -2.30. The molecule has 0 fully saturated rings. The van der Waals surface area contributed by atoms with E-state index in [4.69, 9.17) is 14.9 Å². The second kappa shape index (κ2) is 4.70. The van der Waals surface area contributed by atoms with E-state index in [1.165, 1.54) is 0 Å². The topological polar surface area (TPSA) is 49.7 Å². The minimum absolute atomic E-state index is 0.00278. The molecule has 3 heteroatoms. The average Bonchev–Trinajstić information content (AvgIpc) is 2.04. The van der Waals surface area contributed by atoms with Crippen LogP contribution in [-0.4, -0.2) is 36.6 Å². The van der Waals surface area contributed by atoms with Crippen LogP contribution in [0.1, 0.15) is 20.3 Å². The monoisotopic (exact) mass is 162 g/mol. The fourth-order valence-corrected chi connectivity index (χ4v) is 0.956. The maximum atomic E-state index is 8.91. The Morgan fingerprint density at radius 1 is 1.36 bits per heavy atom. The molecule has 0 spiro atoms. The Morgan fingerprint density at radius 3 is 2.09 bits per heavy atom. The molecule has 0 bridgehead atoms. The van der Waals surface area contributed by atoms with Crippen LogP contribution in [0.3, 0.4) is 0 Å². The molecule has 0 aliphatic carbocycles. The SMILES string of the molecule is COC(C)CC(C)(CO)CO. The first-order chi connectivity index (χ1) is 5.08. The summed E-state index contributed by atoms with van der Waals surface area (Å²) in [5, 5.41) is 17.8. The molecular formula is C8H18O3. The van der Waals surface area contributed by atoms with E-state index in [2.05, 4.69) is 0 Å². The Bertz CT molecular complexity index is 99.5. The van der Waals surface area contributed by atoms with Crippen LogP contribution in [0.15, 0.2) is 0 Å². The maximum Gasteiger partial charge on any atom is 0.0550 e. The number of ether oxygens (including phenoxy) is 1. The molecule has 3 nitrogen and oxygen atoms in total. The molecule has 0 rings (SSSR count). The summed E-state index contributed by atoms with van der Waals surface area (Å²) < 4.78 is 5.03. The van der Waals surface area contributed by atoms with E-state index in [0.717, 1.165) is 0 Å². The lowest BCUT2D eigenvalue weighted by atomic mass is 9.86. The van der Waals surface area contributed by atoms with Crippen LogP contribution in [0.4, 0.5) is 0 Å². The van der Waals surface area contributed by atoms with Crippen molar-refractivity contribution in [2.75, 3.05) is 20.3 Å². The minimum atomic E-state index is -0.407. The molecule has 0 saturated heterocycles. The highest BCUT2D eigenvalue weighted by atomic mass is 16.5. The van der Waals surface area contributed by atoms with Gasteiger partial charge in [0.25, 0.3) is 0 Å². The van der Waals surface area contributed by atoms with Gasteiger partial charge in [-0.05, 0) is 13.3 Å². The molecule has 0 aromatic heterocycles. The fourth-order valence-electron chi connectivity index (χ4n) is 0.956. The van der Waals surface area contributed by atoms with Gasteiger partial charge < -0.3 is 14.9 Å². The standard InChI is InChI=1S/C8H18O3/c1-7(11-3)4-8(2,5-9)6-10/h7,9-10H,4-6H2,1-3H3. The molecule has 2 N–H and O–H groups in total. The number of hydrogen-bond donors (Lipinski definition) is 2. The van der Waals surface area contributed by atoms with Crippen molar-refractivity contribution < 1.29 is 14.9 Å². The van der Waals surface area contributed by atoms with Crippen molar-refractivity contribution in [2.24, 2.45) is 5.41 Å². The summed E-state index contributed by atoms with van der Waals surface area (Å²) in [6.07, 6.45) is 0.760. The molecule has 1 atom stereocenters. The van der Waals surface area contributed by atoms with Crippen LogP contribution >= 0.6 is 0 Å². The molecular weight excluding hydrogens is 144 g/mol. The van der Waals surface area contributed by atoms with E-state index < -0.39 is 5.41 Å². The normalized spacial score (nSPS) is 15.0. The largest absolute Gasteiger partial charge is 0.396 e. The predicted molar refractivity (Wildman–Crippen MR) is 43.4 cm³/mol. The van der Waals surface area contributed by atoms with Gasteiger partial charge in [-0.25, -0.2) is 0 Å². The van der Waals surface area contributed by atoms with Crippen LogP contribution < -0.4 is 0 Å². The summed E-state index contributed by atoms with van der Waals surface area (Å²) in [5.41, 5.74) is -0.407. The molecule has 0 heterocycles. The van der Waals surface area contributed by atoms with Crippen molar-refractivity contribution in [2.45, 2.75) is 26.4 Å². The van der Waals surface area contributed by atoms with E-state index >= 15 is 0 Å². The van der Waals surface area contributed by atoms with Gasteiger partial charge in [0.1, 0.15) is 0 Å². The zero-order chi connectivity index (χ0) is 8.91. The van der Waals surface area contributed by atoms with Crippen molar-refractivity contribution in [3.63, 3.8) is 0 Å². The molecule has 0 aliphatic heterocycles. The van der Waals surface area contributed by atoms with E-state index in [0.29, 0.717) is 6.42 Å². The van der Waals surface area contributed by atoms with Gasteiger partial charge in [-0.2, -0.15) is 0 Å². The Labute approximate surface area is 68.0 Å². The van der Waals surface area contributed by atoms with Gasteiger partial charge in [0.15, 0.2) is 0 Å². The highest BCUT2D eigenvalue weighted by Gasteiger charge is 2.24. The number of aliphatic hydroxyl groups excluding tert-OH is 2. The number of rotatable bonds is 5. The molecule has 0 saturated carbocycles. The van der Waals surface area contributed by atoms with Crippen molar-refractivity contribution >= 4 is 0 Å². The third-order valence-corrected chi connectivity index (χ3v) is 1.95. The van der Waals surface area contributed by atoms with E-state index in [1.54, 1.807) is 7.11 Å². The number of methoxy groups -OCH3 is 1. The van der Waals surface area contributed by atoms with Gasteiger partial charge in [-0.1, -0.05) is 6.92 Å². The van der Waals surface area contributed by atoms with Crippen molar-refractivity contribution in [3.05, 3.63) is 0 Å². The third-order valence-electron chi connectivity index (χ3n) is 1.95. The molecule has 68 valence electrons. The predicted octanol–water partition coefficient (Wildman–Crippen LogP) is 0.402. The highest BCUT2D eigenvalue weighted by molar-refractivity contribution is 4.74. The zero-order valence-electron chi connectivity index (χ0n) is 7.50. The van der Waals surface area contributed by atoms with Gasteiger partial charge in [0.05, 0.1) is 19.3 Å². The van der Waals surface area contributed by atoms with Crippen LogP contribution in [-0.2, 0) is 4.74 Å². The molecule has 0 aliphatic rings. The first kappa shape index (κ1) is 10.9. The average molecular weight is 162 g/mol. The first-order valence-corrected chi connectivity index (χ1v) is 3.82. The number of aliphatic hydroxyl groups is 2. The summed E-state index contributed by atoms with van der Waals surface area (Å²) >= 11 is 0. The van der Waals surface area contributed by atoms with E-state index in [-0.39, 0.29) is 19.3 Å². The molecule has 0 aromatic carbocycles. The Balaban J connectivity index is 3.86. The Morgan fingerprint density at radius 2 is 1.82 bits per heavy atom. The summed E-state index contributed by atoms with van der Waals surface area (Å²) in [6, 6.07) is 0. The Kier molecular flexibility index (Phi) is 4.65. The minimum Gasteiger partial charge on any atom is -0.396 e. The van der Waals surface area contributed by atoms with Crippen LogP contribution in [0.25, 0.3) is 0 Å². The van der Waals surface area contributed by atoms with Crippen LogP contribution in [0.2, 0.25) is 0 Å². The molecule has 0 aromatic rings. The van der Waals surface area contributed by atoms with Gasteiger partial charge in [-0.15, -0.1) is 0 Å². The van der Waals surface area contributed by atoms with Crippen molar-refractivity contribution in [1.29, 1.82) is 0 Å².